The van der Waals surface area contributed by atoms with Crippen LogP contribution in [0.1, 0.15) is 72.0 Å². The van der Waals surface area contributed by atoms with Crippen molar-refractivity contribution >= 4 is 52.8 Å². The fraction of sp³-hybridized carbons (Fsp3) is 0.447. The van der Waals surface area contributed by atoms with E-state index in [0.29, 0.717) is 11.6 Å². The number of Topliss-reactive ketones (excluding diaryl/α,β-unsaturated/α-hetero) is 2. The van der Waals surface area contributed by atoms with Crippen molar-refractivity contribution in [2.75, 3.05) is 13.6 Å². The number of allylic oxidation sites excluding steroid dienone is 2. The Morgan fingerprint density at radius 1 is 1.15 bits per heavy atom. The van der Waals surface area contributed by atoms with Gasteiger partial charge in [-0.15, -0.1) is 0 Å². The van der Waals surface area contributed by atoms with E-state index in [1.807, 2.05) is 0 Å². The van der Waals surface area contributed by atoms with Gasteiger partial charge in [0.1, 0.15) is 29.8 Å². The van der Waals surface area contributed by atoms with Gasteiger partial charge in [0, 0.05) is 25.5 Å². The molecule has 0 radical (unpaired) electrons. The van der Waals surface area contributed by atoms with Gasteiger partial charge in [-0.1, -0.05) is 49.8 Å². The maximum atomic E-state index is 14.7. The molecule has 3 amide bonds. The molecular weight excluding hydrogens is 740 g/mol. The first-order chi connectivity index (χ1) is 25.7. The van der Waals surface area contributed by atoms with Crippen LogP contribution >= 0.6 is 11.6 Å². The number of carboxylic acid groups (broad SMARTS) is 2. The van der Waals surface area contributed by atoms with Crippen LogP contribution in [0, 0.1) is 5.92 Å². The van der Waals surface area contributed by atoms with Gasteiger partial charge in [0.15, 0.2) is 23.1 Å². The van der Waals surface area contributed by atoms with Crippen LogP contribution in [0.3, 0.4) is 0 Å². The highest BCUT2D eigenvalue weighted by Crippen LogP contribution is 2.42. The smallest absolute Gasteiger partial charge is 0.332 e. The number of rotatable bonds is 12. The summed E-state index contributed by atoms with van der Waals surface area (Å²) in [5.74, 6) is -9.30. The van der Waals surface area contributed by atoms with E-state index in [1.54, 1.807) is 13.8 Å². The summed E-state index contributed by atoms with van der Waals surface area (Å²) in [7, 11) is 1.42. The first-order valence-electron chi connectivity index (χ1n) is 17.4. The zero-order chi connectivity index (χ0) is 41.5. The highest BCUT2D eigenvalue weighted by Gasteiger charge is 2.47. The van der Waals surface area contributed by atoms with Gasteiger partial charge in [0.05, 0.1) is 22.2 Å². The van der Waals surface area contributed by atoms with Crippen molar-refractivity contribution in [1.82, 2.24) is 20.9 Å². The minimum atomic E-state index is -1.64. The average molecular weight is 787 g/mol. The maximum Gasteiger partial charge on any atom is 0.332 e. The summed E-state index contributed by atoms with van der Waals surface area (Å²) in [6, 6.07) is -1.45. The van der Waals surface area contributed by atoms with Crippen LogP contribution < -0.4 is 20.7 Å². The van der Waals surface area contributed by atoms with E-state index in [2.05, 4.69) is 22.5 Å². The second-order valence-electron chi connectivity index (χ2n) is 13.6. The molecule has 16 nitrogen and oxygen atoms in total. The fourth-order valence-electron chi connectivity index (χ4n) is 6.27. The molecular formula is C38H47ClN4O12. The van der Waals surface area contributed by atoms with Gasteiger partial charge < -0.3 is 46.0 Å². The largest absolute Gasteiger partial charge is 0.503 e. The number of hydrogen-bond acceptors (Lipinski definition) is 11. The molecule has 0 saturated carbocycles. The number of hydrogen-bond donors (Lipinski definition) is 7. The van der Waals surface area contributed by atoms with Crippen LogP contribution in [-0.4, -0.2) is 104 Å². The standard InChI is InChI=1S/C38H47ClN4O12/c1-8-19(5)30(25(44)14-21(37(53)54)16-28(46)47)42-34(50)24-11-10-12-43(24)36(52)22-17-26(45)29(18(3)4)41-35(51)31(40-7)32(48)20-13-23(39)33(49)27(15-20)55-38(22,6)9-2/h10-11,13,15-16,22,24,29,31-32,40,48-49H,3,8-9,12,14,17H2,1-2,4-7H3,(H,41,51)(H,42,50)(H,46,47)(H,53,54)/b21-16-,30-19+/t22-,24+,29+,31+,32+,38-/m1/s1. The number of benzene rings is 1. The lowest BCUT2D eigenvalue weighted by Crippen LogP contribution is -2.56. The lowest BCUT2D eigenvalue weighted by atomic mass is 9.80. The zero-order valence-corrected chi connectivity index (χ0v) is 32.2. The topological polar surface area (TPSA) is 249 Å². The predicted octanol–water partition coefficient (Wildman–Crippen LogP) is 2.49. The van der Waals surface area contributed by atoms with Gasteiger partial charge in [0.25, 0.3) is 5.91 Å². The summed E-state index contributed by atoms with van der Waals surface area (Å²) in [5.41, 5.74) is -1.95. The van der Waals surface area contributed by atoms with Gasteiger partial charge in [-0.05, 0) is 63.9 Å². The van der Waals surface area contributed by atoms with E-state index in [9.17, 15) is 48.9 Å². The third-order valence-corrected chi connectivity index (χ3v) is 10.1. The quantitative estimate of drug-likeness (QED) is 0.119. The Morgan fingerprint density at radius 2 is 1.80 bits per heavy atom. The minimum Gasteiger partial charge on any atom is -0.503 e. The Balaban J connectivity index is 2.11. The number of nitrogens with one attached hydrogen (secondary N) is 3. The highest BCUT2D eigenvalue weighted by atomic mass is 35.5. The predicted molar refractivity (Wildman–Crippen MR) is 199 cm³/mol. The molecule has 55 heavy (non-hydrogen) atoms. The number of ketones is 2. The molecule has 0 fully saturated rings. The van der Waals surface area contributed by atoms with Gasteiger partial charge in [-0.3, -0.25) is 24.0 Å². The Kier molecular flexibility index (Phi) is 14.7. The number of carboxylic acids is 2. The summed E-state index contributed by atoms with van der Waals surface area (Å²) in [6.45, 7) is 11.6. The summed E-state index contributed by atoms with van der Waals surface area (Å²) in [5, 5.41) is 48.3. The van der Waals surface area contributed by atoms with E-state index < -0.39 is 101 Å². The normalized spacial score (nSPS) is 25.0. The van der Waals surface area contributed by atoms with Crippen molar-refractivity contribution in [2.45, 2.75) is 90.1 Å². The van der Waals surface area contributed by atoms with Crippen molar-refractivity contribution in [2.24, 2.45) is 5.92 Å². The molecule has 6 atom stereocenters. The number of aliphatic hydroxyl groups is 1. The van der Waals surface area contributed by atoms with Gasteiger partial charge >= 0.3 is 11.9 Å². The number of aromatic hydroxyl groups is 1. The number of aliphatic hydroxyl groups excluding tert-OH is 1. The Bertz CT molecular complexity index is 1870. The second kappa shape index (κ2) is 18.3. The average Bonchev–Trinajstić information content (AvgIpc) is 3.62. The van der Waals surface area contributed by atoms with E-state index in [-0.39, 0.29) is 47.0 Å². The number of fused-ring (bicyclic) bond motifs is 2. The van der Waals surface area contributed by atoms with Crippen LogP contribution in [-0.2, 0) is 33.6 Å². The Morgan fingerprint density at radius 3 is 2.35 bits per heavy atom. The van der Waals surface area contributed by atoms with Crippen LogP contribution in [0.15, 0.2) is 59.4 Å². The molecule has 2 aliphatic rings. The van der Waals surface area contributed by atoms with Crippen LogP contribution in [0.4, 0.5) is 0 Å². The second-order valence-corrected chi connectivity index (χ2v) is 14.0. The molecule has 2 aliphatic heterocycles. The number of amides is 3. The number of carbonyl (C=O) groups is 7. The molecule has 1 aromatic rings. The first-order valence-corrected chi connectivity index (χ1v) is 17.8. The summed E-state index contributed by atoms with van der Waals surface area (Å²) in [4.78, 5) is 93.5. The van der Waals surface area contributed by atoms with Crippen molar-refractivity contribution in [1.29, 1.82) is 0 Å². The lowest BCUT2D eigenvalue weighted by molar-refractivity contribution is -0.149. The van der Waals surface area contributed by atoms with Crippen LogP contribution in [0.2, 0.25) is 5.02 Å². The van der Waals surface area contributed by atoms with Crippen LogP contribution in [0.5, 0.6) is 11.5 Å². The molecule has 7 N–H and O–H groups in total. The van der Waals surface area contributed by atoms with E-state index in [1.165, 1.54) is 52.1 Å². The number of ether oxygens (including phenoxy) is 1. The monoisotopic (exact) mass is 786 g/mol. The third-order valence-electron chi connectivity index (χ3n) is 9.80. The molecule has 17 heteroatoms. The molecule has 0 aliphatic carbocycles. The summed E-state index contributed by atoms with van der Waals surface area (Å²) >= 11 is 6.35. The molecule has 0 spiro atoms. The zero-order valence-electron chi connectivity index (χ0n) is 31.4. The SMILES string of the molecule is C=C(C)[C@@H]1NC(=O)[C@@H](NC)[C@@H](O)c2cc(Cl)c(O)c(c2)O[C@](C)(CC)[C@@H](C(=O)N2CC=C[C@H]2C(=O)N/C(C(=O)C/C(=C/C(=O)O)C(=O)O)=C(\C)CC)CC1=O. The van der Waals surface area contributed by atoms with Crippen molar-refractivity contribution in [3.63, 3.8) is 0 Å². The molecule has 1 aromatic carbocycles. The van der Waals surface area contributed by atoms with Crippen molar-refractivity contribution < 1.29 is 58.7 Å². The number of carbonyl (C=O) groups excluding carboxylic acids is 5. The Hall–Kier alpha value is -5.32. The minimum absolute atomic E-state index is 0.0503. The van der Waals surface area contributed by atoms with Crippen molar-refractivity contribution in [3.05, 3.63) is 69.9 Å². The molecule has 298 valence electrons. The van der Waals surface area contributed by atoms with E-state index in [4.69, 9.17) is 21.4 Å². The van der Waals surface area contributed by atoms with E-state index >= 15 is 0 Å². The number of phenols is 1. The lowest BCUT2D eigenvalue weighted by Gasteiger charge is -2.39. The number of aliphatic carboxylic acids is 2. The van der Waals surface area contributed by atoms with E-state index in [0.717, 1.165) is 4.90 Å². The number of likely N-dealkylation sites (N-methyl/N-ethyl adjacent to an activating group) is 1. The summed E-state index contributed by atoms with van der Waals surface area (Å²) < 4.78 is 6.36. The molecule has 0 aromatic heterocycles. The fourth-order valence-corrected chi connectivity index (χ4v) is 6.49. The molecule has 2 heterocycles. The Labute approximate surface area is 322 Å². The van der Waals surface area contributed by atoms with Gasteiger partial charge in [-0.2, -0.15) is 0 Å². The van der Waals surface area contributed by atoms with Crippen LogP contribution in [0.25, 0.3) is 0 Å². The highest BCUT2D eigenvalue weighted by molar-refractivity contribution is 6.32. The number of halogens is 1. The van der Waals surface area contributed by atoms with Gasteiger partial charge in [-0.25, -0.2) is 9.59 Å². The maximum absolute atomic E-state index is 14.7. The molecule has 0 unspecified atom stereocenters. The summed E-state index contributed by atoms with van der Waals surface area (Å²) in [6.07, 6.45) is 0.659. The molecule has 3 rings (SSSR count). The first kappa shape index (κ1) is 44.1. The number of nitrogens with zero attached hydrogens (tertiary/aromatic N) is 1. The van der Waals surface area contributed by atoms with Gasteiger partial charge in [0.2, 0.25) is 11.8 Å². The number of phenolic OH excluding ortho intramolecular Hbond substituents is 1. The van der Waals surface area contributed by atoms with Crippen molar-refractivity contribution in [3.8, 4) is 11.5 Å². The third kappa shape index (κ3) is 10.1. The molecule has 2 bridgehead atoms. The molecule has 0 saturated heterocycles.